The number of fused-ring (bicyclic) bond motifs is 7. The SMILES string of the molecule is CC(C)[C@@H](C)/C=C/[C@@H](C)[C@H]1CCC2C3=C[C@H](Oc4ccc5c(=O)c6c(O)c7c(cc6oc5c4O)OC(C)(C)C=C7)[C@@]45O[C@@H]4CCC[C@]5(C)C3=CC[C@@]21C. The summed E-state index contributed by atoms with van der Waals surface area (Å²) in [7, 11) is 0. The van der Waals surface area contributed by atoms with Gasteiger partial charge in [0.25, 0.3) is 0 Å². The van der Waals surface area contributed by atoms with E-state index in [2.05, 4.69) is 65.8 Å². The van der Waals surface area contributed by atoms with Crippen LogP contribution in [-0.2, 0) is 4.74 Å². The van der Waals surface area contributed by atoms with E-state index in [0.29, 0.717) is 40.9 Å². The van der Waals surface area contributed by atoms with Crippen molar-refractivity contribution < 1.29 is 28.8 Å². The molecule has 2 N–H and O–H groups in total. The Balaban J connectivity index is 1.11. The Morgan fingerprint density at radius 1 is 1.00 bits per heavy atom. The van der Waals surface area contributed by atoms with Gasteiger partial charge in [-0.2, -0.15) is 0 Å². The maximum Gasteiger partial charge on any atom is 0.204 e. The lowest BCUT2D eigenvalue weighted by molar-refractivity contribution is 0.0281. The third-order valence-electron chi connectivity index (χ3n) is 14.7. The van der Waals surface area contributed by atoms with Gasteiger partial charge in [-0.15, -0.1) is 0 Å². The second kappa shape index (κ2) is 11.5. The number of ether oxygens (including phenoxy) is 3. The number of phenols is 2. The first-order chi connectivity index (χ1) is 25.1. The summed E-state index contributed by atoms with van der Waals surface area (Å²) < 4.78 is 26.0. The first-order valence-corrected chi connectivity index (χ1v) is 19.9. The van der Waals surface area contributed by atoms with Gasteiger partial charge >= 0.3 is 0 Å². The molecule has 2 aromatic carbocycles. The van der Waals surface area contributed by atoms with Crippen LogP contribution in [0.3, 0.4) is 0 Å². The third-order valence-corrected chi connectivity index (χ3v) is 14.7. The molecule has 7 heteroatoms. The van der Waals surface area contributed by atoms with Crippen molar-refractivity contribution in [3.63, 3.8) is 0 Å². The minimum Gasteiger partial charge on any atom is -0.506 e. The molecule has 1 saturated heterocycles. The second-order valence-corrected chi connectivity index (χ2v) is 18.5. The van der Waals surface area contributed by atoms with Crippen LogP contribution in [0.1, 0.15) is 99.5 Å². The minimum absolute atomic E-state index is 0.0175. The predicted molar refractivity (Wildman–Crippen MR) is 208 cm³/mol. The molecule has 0 radical (unpaired) electrons. The van der Waals surface area contributed by atoms with Crippen LogP contribution < -0.4 is 14.9 Å². The van der Waals surface area contributed by atoms with Gasteiger partial charge in [-0.05, 0) is 129 Å². The molecule has 2 aliphatic heterocycles. The van der Waals surface area contributed by atoms with E-state index in [9.17, 15) is 15.0 Å². The lowest BCUT2D eigenvalue weighted by Gasteiger charge is -2.53. The average molecular weight is 719 g/mol. The van der Waals surface area contributed by atoms with Crippen molar-refractivity contribution >= 4 is 28.0 Å². The molecule has 53 heavy (non-hydrogen) atoms. The fourth-order valence-corrected chi connectivity index (χ4v) is 11.2. The fraction of sp³-hybridized carbons (Fsp3) is 0.543. The van der Waals surface area contributed by atoms with Gasteiger partial charge in [-0.1, -0.05) is 59.8 Å². The van der Waals surface area contributed by atoms with E-state index < -0.39 is 22.7 Å². The number of allylic oxidation sites excluding steroid dienone is 4. The Labute approximate surface area is 312 Å². The Morgan fingerprint density at radius 2 is 1.79 bits per heavy atom. The molecule has 0 bridgehead atoms. The molecule has 280 valence electrons. The van der Waals surface area contributed by atoms with Gasteiger partial charge in [0, 0.05) is 11.5 Å². The maximum absolute atomic E-state index is 13.9. The molecule has 2 saturated carbocycles. The van der Waals surface area contributed by atoms with Crippen LogP contribution >= 0.6 is 0 Å². The van der Waals surface area contributed by atoms with Gasteiger partial charge in [-0.25, -0.2) is 0 Å². The van der Waals surface area contributed by atoms with Crippen LogP contribution in [0.5, 0.6) is 23.0 Å². The van der Waals surface area contributed by atoms with Crippen molar-refractivity contribution in [1.29, 1.82) is 0 Å². The standard InChI is InChI=1S/C46H54O7/c1-24(2)25(3)11-12-26(4)30-14-15-31-29-22-37(46-36(53-46)10-9-19-45(46,8)32(29)18-21-44(30,31)7)50-33-16-13-28-40(48)38-35(51-42(28)41(33)49)23-34-27(39(38)47)17-20-43(5,6)52-34/h11-13,16-18,20,22-26,30-31,36-37,47,49H,9-10,14-15,19,21H2,1-8H3/b12-11+/t25-,26+,30+,31?,36+,37-,44+,45+,46-/m0/s1. The summed E-state index contributed by atoms with van der Waals surface area (Å²) in [5.41, 5.74) is 1.81. The summed E-state index contributed by atoms with van der Waals surface area (Å²) in [5.74, 6) is 2.89. The number of epoxide rings is 1. The van der Waals surface area contributed by atoms with Gasteiger partial charge in [0.1, 0.15) is 39.8 Å². The molecule has 7 nitrogen and oxygen atoms in total. The number of rotatable bonds is 6. The molecular formula is C46H54O7. The van der Waals surface area contributed by atoms with Crippen LogP contribution in [0.15, 0.2) is 68.9 Å². The first kappa shape index (κ1) is 34.8. The molecular weight excluding hydrogens is 664 g/mol. The Morgan fingerprint density at radius 3 is 2.57 bits per heavy atom. The highest BCUT2D eigenvalue weighted by Crippen LogP contribution is 2.71. The van der Waals surface area contributed by atoms with Crippen LogP contribution in [0.4, 0.5) is 0 Å². The molecule has 3 aromatic rings. The average Bonchev–Trinajstić information content (AvgIpc) is 3.75. The summed E-state index contributed by atoms with van der Waals surface area (Å²) in [6.07, 6.45) is 19.6. The Bertz CT molecular complexity index is 2240. The number of benzene rings is 2. The minimum atomic E-state index is -0.594. The molecule has 6 aliphatic rings. The van der Waals surface area contributed by atoms with Gasteiger partial charge in [0.05, 0.1) is 17.1 Å². The van der Waals surface area contributed by atoms with Gasteiger partial charge in [-0.3, -0.25) is 4.79 Å². The Hall–Kier alpha value is -3.97. The van der Waals surface area contributed by atoms with E-state index in [4.69, 9.17) is 18.6 Å². The largest absolute Gasteiger partial charge is 0.506 e. The predicted octanol–water partition coefficient (Wildman–Crippen LogP) is 10.4. The molecule has 1 spiro atoms. The molecule has 4 aliphatic carbocycles. The highest BCUT2D eigenvalue weighted by atomic mass is 16.6. The van der Waals surface area contributed by atoms with Crippen molar-refractivity contribution in [2.75, 3.05) is 0 Å². The van der Waals surface area contributed by atoms with E-state index in [1.54, 1.807) is 24.3 Å². The van der Waals surface area contributed by atoms with E-state index in [1.165, 1.54) is 17.6 Å². The van der Waals surface area contributed by atoms with Crippen molar-refractivity contribution in [3.8, 4) is 23.0 Å². The highest BCUT2D eigenvalue weighted by Gasteiger charge is 2.76. The number of hydrogen-bond donors (Lipinski definition) is 2. The van der Waals surface area contributed by atoms with Crippen LogP contribution in [0.2, 0.25) is 0 Å². The highest BCUT2D eigenvalue weighted by molar-refractivity contribution is 5.99. The second-order valence-electron chi connectivity index (χ2n) is 18.5. The van der Waals surface area contributed by atoms with Crippen molar-refractivity contribution in [3.05, 3.63) is 75.5 Å². The molecule has 1 aromatic heterocycles. The van der Waals surface area contributed by atoms with Crippen LogP contribution in [-0.4, -0.2) is 33.6 Å². The fourth-order valence-electron chi connectivity index (χ4n) is 11.2. The molecule has 9 rings (SSSR count). The lowest BCUT2D eigenvalue weighted by Crippen LogP contribution is -2.56. The summed E-state index contributed by atoms with van der Waals surface area (Å²) in [5, 5.41) is 23.2. The first-order valence-electron chi connectivity index (χ1n) is 19.9. The maximum atomic E-state index is 13.9. The lowest BCUT2D eigenvalue weighted by atomic mass is 9.51. The van der Waals surface area contributed by atoms with Crippen LogP contribution in [0.25, 0.3) is 28.0 Å². The summed E-state index contributed by atoms with van der Waals surface area (Å²) in [6, 6.07) is 4.90. The normalized spacial score (nSPS) is 34.7. The van der Waals surface area contributed by atoms with Crippen LogP contribution in [0, 0.1) is 40.4 Å². The monoisotopic (exact) mass is 718 g/mol. The summed E-state index contributed by atoms with van der Waals surface area (Å²) in [4.78, 5) is 13.9. The Kier molecular flexibility index (Phi) is 7.56. The smallest absolute Gasteiger partial charge is 0.204 e. The molecule has 3 fully saturated rings. The summed E-state index contributed by atoms with van der Waals surface area (Å²) in [6.45, 7) is 18.0. The van der Waals surface area contributed by atoms with Crippen molar-refractivity contribution in [1.82, 2.24) is 0 Å². The third kappa shape index (κ3) is 4.84. The molecule has 0 amide bonds. The van der Waals surface area contributed by atoms with Crippen molar-refractivity contribution in [2.45, 2.75) is 117 Å². The number of phenolic OH excluding ortho intramolecular Hbond substituents is 2. The quantitative estimate of drug-likeness (QED) is 0.149. The zero-order chi connectivity index (χ0) is 37.4. The van der Waals surface area contributed by atoms with Gasteiger partial charge in [0.2, 0.25) is 11.2 Å². The van der Waals surface area contributed by atoms with E-state index in [-0.39, 0.29) is 56.1 Å². The zero-order valence-corrected chi connectivity index (χ0v) is 32.4. The van der Waals surface area contributed by atoms with E-state index in [1.807, 2.05) is 19.9 Å². The molecule has 3 heterocycles. The number of hydrogen-bond acceptors (Lipinski definition) is 7. The molecule has 9 atom stereocenters. The zero-order valence-electron chi connectivity index (χ0n) is 32.4. The summed E-state index contributed by atoms with van der Waals surface area (Å²) >= 11 is 0. The number of aromatic hydroxyl groups is 2. The van der Waals surface area contributed by atoms with E-state index in [0.717, 1.165) is 32.1 Å². The van der Waals surface area contributed by atoms with Gasteiger partial charge < -0.3 is 28.8 Å². The van der Waals surface area contributed by atoms with E-state index >= 15 is 0 Å². The molecule has 1 unspecified atom stereocenters. The van der Waals surface area contributed by atoms with Gasteiger partial charge in [0.15, 0.2) is 11.3 Å². The topological polar surface area (TPSA) is 102 Å². The van der Waals surface area contributed by atoms with Crippen molar-refractivity contribution in [2.24, 2.45) is 40.4 Å².